The minimum absolute atomic E-state index is 0.248. The van der Waals surface area contributed by atoms with E-state index in [9.17, 15) is 5.11 Å². The minimum Gasteiger partial charge on any atom is -0.505 e. The van der Waals surface area contributed by atoms with Crippen LogP contribution in [0.15, 0.2) is 78.9 Å². The van der Waals surface area contributed by atoms with Crippen LogP contribution in [-0.4, -0.2) is 10.1 Å². The highest BCUT2D eigenvalue weighted by Crippen LogP contribution is 2.40. The number of hydrogen-bond acceptors (Lipinski definition) is 4. The van der Waals surface area contributed by atoms with E-state index in [2.05, 4.69) is 16.4 Å². The molecule has 0 unspecified atom stereocenters. The maximum absolute atomic E-state index is 11.1. The third-order valence-corrected chi connectivity index (χ3v) is 6.14. The number of anilines is 2. The Kier molecular flexibility index (Phi) is 4.58. The Morgan fingerprint density at radius 1 is 0.931 bits per heavy atom. The molecule has 0 aliphatic rings. The Labute approximate surface area is 177 Å². The van der Waals surface area contributed by atoms with Crippen LogP contribution < -0.4 is 5.32 Å². The molecule has 0 radical (unpaired) electrons. The van der Waals surface area contributed by atoms with Gasteiger partial charge in [0.2, 0.25) is 0 Å². The molecule has 0 bridgehead atoms. The number of aromatic hydroxyl groups is 1. The fraction of sp³-hybridized carbons (Fsp3) is 0.0417. The van der Waals surface area contributed by atoms with Crippen molar-refractivity contribution < 1.29 is 5.11 Å². The largest absolute Gasteiger partial charge is 0.505 e. The Bertz CT molecular complexity index is 1300. The average molecular weight is 417 g/mol. The lowest BCUT2D eigenvalue weighted by Crippen LogP contribution is -1.96. The number of benzene rings is 4. The zero-order chi connectivity index (χ0) is 19.8. The SMILES string of the molecule is Oc1c(Cc2ccc(Cl)cc2)cc2ccccc2c1Nc1nc2ccccc2s1. The summed E-state index contributed by atoms with van der Waals surface area (Å²) in [5.41, 5.74) is 3.58. The number of rotatable bonds is 4. The molecule has 29 heavy (non-hydrogen) atoms. The van der Waals surface area contributed by atoms with E-state index in [1.165, 1.54) is 0 Å². The molecule has 0 atom stereocenters. The standard InChI is InChI=1S/C24H17ClN2OS/c25-18-11-9-15(10-12-18)13-17-14-16-5-1-2-6-19(16)22(23(17)28)27-24-26-20-7-3-4-8-21(20)29-24/h1-12,14,28H,13H2,(H,26,27). The van der Waals surface area contributed by atoms with Crippen LogP contribution in [0.4, 0.5) is 10.8 Å². The van der Waals surface area contributed by atoms with E-state index in [4.69, 9.17) is 11.6 Å². The molecule has 5 heteroatoms. The molecule has 0 spiro atoms. The molecule has 1 aromatic heterocycles. The summed E-state index contributed by atoms with van der Waals surface area (Å²) in [4.78, 5) is 4.66. The van der Waals surface area contributed by atoms with E-state index in [1.807, 2.05) is 72.8 Å². The van der Waals surface area contributed by atoms with Crippen molar-refractivity contribution in [2.24, 2.45) is 0 Å². The van der Waals surface area contributed by atoms with Gasteiger partial charge >= 0.3 is 0 Å². The molecular formula is C24H17ClN2OS. The van der Waals surface area contributed by atoms with E-state index < -0.39 is 0 Å². The van der Waals surface area contributed by atoms with Crippen LogP contribution in [0.2, 0.25) is 5.02 Å². The summed E-state index contributed by atoms with van der Waals surface area (Å²) in [7, 11) is 0. The first kappa shape index (κ1) is 18.0. The molecule has 2 N–H and O–H groups in total. The lowest BCUT2D eigenvalue weighted by molar-refractivity contribution is 0.472. The van der Waals surface area contributed by atoms with E-state index in [1.54, 1.807) is 11.3 Å². The summed E-state index contributed by atoms with van der Waals surface area (Å²) >= 11 is 7.58. The number of nitrogens with one attached hydrogen (secondary N) is 1. The summed E-state index contributed by atoms with van der Waals surface area (Å²) < 4.78 is 1.11. The van der Waals surface area contributed by atoms with Crippen LogP contribution in [0.25, 0.3) is 21.0 Å². The predicted molar refractivity (Wildman–Crippen MR) is 123 cm³/mol. The monoisotopic (exact) mass is 416 g/mol. The molecule has 0 saturated heterocycles. The van der Waals surface area contributed by atoms with Gasteiger partial charge in [0.05, 0.1) is 15.9 Å². The number of thiazole rings is 1. The maximum atomic E-state index is 11.1. The van der Waals surface area contributed by atoms with E-state index >= 15 is 0 Å². The quantitative estimate of drug-likeness (QED) is 0.306. The van der Waals surface area contributed by atoms with E-state index in [0.717, 1.165) is 37.2 Å². The summed E-state index contributed by atoms with van der Waals surface area (Å²) in [6.07, 6.45) is 0.613. The Hall–Kier alpha value is -3.08. The first-order chi connectivity index (χ1) is 14.2. The number of phenolic OH excluding ortho intramolecular Hbond substituents is 1. The number of hydrogen-bond donors (Lipinski definition) is 2. The van der Waals surface area contributed by atoms with Crippen molar-refractivity contribution in [3.63, 3.8) is 0 Å². The second-order valence-corrected chi connectivity index (χ2v) is 8.36. The highest BCUT2D eigenvalue weighted by Gasteiger charge is 2.15. The molecule has 5 aromatic rings. The first-order valence-corrected chi connectivity index (χ1v) is 10.5. The minimum atomic E-state index is 0.248. The van der Waals surface area contributed by atoms with Gasteiger partial charge in [-0.15, -0.1) is 0 Å². The number of halogens is 1. The number of phenols is 1. The summed E-state index contributed by atoms with van der Waals surface area (Å²) in [6.45, 7) is 0. The lowest BCUT2D eigenvalue weighted by Gasteiger charge is -2.14. The number of para-hydroxylation sites is 1. The van der Waals surface area contributed by atoms with Gasteiger partial charge in [-0.25, -0.2) is 4.98 Å². The van der Waals surface area contributed by atoms with Crippen molar-refractivity contribution >= 4 is 54.7 Å². The van der Waals surface area contributed by atoms with Crippen LogP contribution in [0, 0.1) is 0 Å². The zero-order valence-electron chi connectivity index (χ0n) is 15.4. The smallest absolute Gasteiger partial charge is 0.188 e. The fourth-order valence-corrected chi connectivity index (χ4v) is 4.51. The van der Waals surface area contributed by atoms with Crippen molar-refractivity contribution in [3.8, 4) is 5.75 Å². The molecule has 5 rings (SSSR count). The third kappa shape index (κ3) is 3.53. The van der Waals surface area contributed by atoms with Gasteiger partial charge < -0.3 is 10.4 Å². The van der Waals surface area contributed by atoms with Gasteiger partial charge in [-0.3, -0.25) is 0 Å². The normalized spacial score (nSPS) is 11.2. The molecule has 0 amide bonds. The molecule has 0 aliphatic carbocycles. The second-order valence-electron chi connectivity index (χ2n) is 6.90. The van der Waals surface area contributed by atoms with Crippen molar-refractivity contribution in [2.75, 3.05) is 5.32 Å². The van der Waals surface area contributed by atoms with Gasteiger partial charge in [0.1, 0.15) is 5.75 Å². The summed E-state index contributed by atoms with van der Waals surface area (Å²) in [6, 6.07) is 25.8. The van der Waals surface area contributed by atoms with Crippen LogP contribution >= 0.6 is 22.9 Å². The van der Waals surface area contributed by atoms with Gasteiger partial charge in [-0.2, -0.15) is 0 Å². The third-order valence-electron chi connectivity index (χ3n) is 4.93. The fourth-order valence-electron chi connectivity index (χ4n) is 3.51. The van der Waals surface area contributed by atoms with Gasteiger partial charge in [-0.1, -0.05) is 71.5 Å². The molecule has 3 nitrogen and oxygen atoms in total. The molecule has 0 aliphatic heterocycles. The highest BCUT2D eigenvalue weighted by atomic mass is 35.5. The second kappa shape index (κ2) is 7.39. The van der Waals surface area contributed by atoms with Gasteiger partial charge in [0.25, 0.3) is 0 Å². The first-order valence-electron chi connectivity index (χ1n) is 9.28. The molecular weight excluding hydrogens is 400 g/mol. The summed E-state index contributed by atoms with van der Waals surface area (Å²) in [5, 5.41) is 18.0. The predicted octanol–water partition coefficient (Wildman–Crippen LogP) is 7.14. The van der Waals surface area contributed by atoms with Crippen LogP contribution in [0.5, 0.6) is 5.75 Å². The van der Waals surface area contributed by atoms with Crippen molar-refractivity contribution in [1.29, 1.82) is 0 Å². The van der Waals surface area contributed by atoms with E-state index in [0.29, 0.717) is 17.1 Å². The molecule has 142 valence electrons. The molecule has 0 fully saturated rings. The Morgan fingerprint density at radius 2 is 1.69 bits per heavy atom. The Morgan fingerprint density at radius 3 is 2.52 bits per heavy atom. The van der Waals surface area contributed by atoms with Crippen molar-refractivity contribution in [3.05, 3.63) is 95.0 Å². The number of nitrogens with zero attached hydrogens (tertiary/aromatic N) is 1. The number of aromatic nitrogens is 1. The van der Waals surface area contributed by atoms with Gasteiger partial charge in [0.15, 0.2) is 5.13 Å². The van der Waals surface area contributed by atoms with Crippen molar-refractivity contribution in [2.45, 2.75) is 6.42 Å². The molecule has 4 aromatic carbocycles. The van der Waals surface area contributed by atoms with E-state index in [-0.39, 0.29) is 5.75 Å². The van der Waals surface area contributed by atoms with Gasteiger partial charge in [-0.05, 0) is 41.3 Å². The van der Waals surface area contributed by atoms with Crippen LogP contribution in [0.1, 0.15) is 11.1 Å². The topological polar surface area (TPSA) is 45.1 Å². The number of fused-ring (bicyclic) bond motifs is 2. The molecule has 1 heterocycles. The maximum Gasteiger partial charge on any atom is 0.188 e. The van der Waals surface area contributed by atoms with Crippen LogP contribution in [-0.2, 0) is 6.42 Å². The highest BCUT2D eigenvalue weighted by molar-refractivity contribution is 7.22. The Balaban J connectivity index is 1.60. The van der Waals surface area contributed by atoms with Crippen molar-refractivity contribution in [1.82, 2.24) is 4.98 Å². The average Bonchev–Trinajstić information content (AvgIpc) is 3.15. The zero-order valence-corrected chi connectivity index (χ0v) is 17.0. The summed E-state index contributed by atoms with van der Waals surface area (Å²) in [5.74, 6) is 0.248. The lowest BCUT2D eigenvalue weighted by atomic mass is 9.98. The molecule has 0 saturated carbocycles. The van der Waals surface area contributed by atoms with Crippen LogP contribution in [0.3, 0.4) is 0 Å². The van der Waals surface area contributed by atoms with Gasteiger partial charge in [0, 0.05) is 22.4 Å².